The van der Waals surface area contributed by atoms with Crippen molar-refractivity contribution < 1.29 is 5.11 Å². The summed E-state index contributed by atoms with van der Waals surface area (Å²) in [5.74, 6) is 0. The molecule has 0 aromatic carbocycles. The van der Waals surface area contributed by atoms with E-state index in [1.165, 1.54) is 25.8 Å². The summed E-state index contributed by atoms with van der Waals surface area (Å²) in [5, 5.41) is 9.43. The van der Waals surface area contributed by atoms with Crippen LogP contribution in [0.25, 0.3) is 0 Å². The molecule has 0 aromatic rings. The summed E-state index contributed by atoms with van der Waals surface area (Å²) in [4.78, 5) is 5.04. The Balaban J connectivity index is 1.82. The molecule has 0 saturated carbocycles. The van der Waals surface area contributed by atoms with E-state index in [4.69, 9.17) is 0 Å². The molecule has 0 spiro atoms. The molecular formula is C15H30N2O. The van der Waals surface area contributed by atoms with Gasteiger partial charge in [-0.1, -0.05) is 0 Å². The van der Waals surface area contributed by atoms with Crippen LogP contribution in [-0.4, -0.2) is 57.8 Å². The minimum atomic E-state index is -0.0901. The molecule has 0 radical (unpaired) electrons. The maximum absolute atomic E-state index is 9.43. The van der Waals surface area contributed by atoms with Crippen molar-refractivity contribution in [1.29, 1.82) is 0 Å². The number of hydrogen-bond acceptors (Lipinski definition) is 3. The van der Waals surface area contributed by atoms with Gasteiger partial charge < -0.3 is 5.11 Å². The average Bonchev–Trinajstić information content (AvgIpc) is 2.19. The number of nitrogens with zero attached hydrogens (tertiary/aromatic N) is 2. The van der Waals surface area contributed by atoms with E-state index in [0.29, 0.717) is 5.54 Å². The fraction of sp³-hybridized carbons (Fsp3) is 1.00. The normalized spacial score (nSPS) is 28.0. The lowest BCUT2D eigenvalue weighted by molar-refractivity contribution is -0.0674. The minimum Gasteiger partial charge on any atom is -0.390 e. The Hall–Kier alpha value is -0.120. The molecule has 0 aromatic heterocycles. The summed E-state index contributed by atoms with van der Waals surface area (Å²) >= 11 is 0. The summed E-state index contributed by atoms with van der Waals surface area (Å²) in [6, 6.07) is 0.758. The maximum atomic E-state index is 9.43. The molecule has 2 aliphatic heterocycles. The van der Waals surface area contributed by atoms with Crippen LogP contribution in [0.15, 0.2) is 0 Å². The third kappa shape index (κ3) is 2.73. The molecule has 2 rings (SSSR count). The number of rotatable bonds is 5. The van der Waals surface area contributed by atoms with Gasteiger partial charge in [0.2, 0.25) is 0 Å². The molecular weight excluding hydrogens is 224 g/mol. The van der Waals surface area contributed by atoms with Gasteiger partial charge in [0.15, 0.2) is 0 Å². The summed E-state index contributed by atoms with van der Waals surface area (Å²) < 4.78 is 0. The second-order valence-electron chi connectivity index (χ2n) is 7.51. The molecule has 1 atom stereocenters. The van der Waals surface area contributed by atoms with Crippen molar-refractivity contribution >= 4 is 0 Å². The van der Waals surface area contributed by atoms with Crippen LogP contribution >= 0.6 is 0 Å². The first kappa shape index (κ1) is 14.3. The van der Waals surface area contributed by atoms with E-state index in [0.717, 1.165) is 19.1 Å². The van der Waals surface area contributed by atoms with Gasteiger partial charge in [0.05, 0.1) is 6.10 Å². The van der Waals surface area contributed by atoms with E-state index < -0.39 is 0 Å². The molecule has 3 nitrogen and oxygen atoms in total. The second-order valence-corrected chi connectivity index (χ2v) is 7.51. The fourth-order valence-corrected chi connectivity index (χ4v) is 3.28. The molecule has 106 valence electrons. The van der Waals surface area contributed by atoms with Gasteiger partial charge in [-0.2, -0.15) is 0 Å². The molecule has 0 amide bonds. The predicted molar refractivity (Wildman–Crippen MR) is 75.8 cm³/mol. The topological polar surface area (TPSA) is 26.7 Å². The smallest absolute Gasteiger partial charge is 0.0794 e. The molecule has 2 saturated heterocycles. The summed E-state index contributed by atoms with van der Waals surface area (Å²) in [5.41, 5.74) is 0.545. The van der Waals surface area contributed by atoms with Crippen LogP contribution in [0.1, 0.15) is 53.9 Å². The Morgan fingerprint density at radius 1 is 1.06 bits per heavy atom. The molecule has 0 aliphatic carbocycles. The van der Waals surface area contributed by atoms with Crippen molar-refractivity contribution in [2.45, 2.75) is 77.1 Å². The van der Waals surface area contributed by atoms with E-state index >= 15 is 0 Å². The van der Waals surface area contributed by atoms with Crippen molar-refractivity contribution in [2.24, 2.45) is 0 Å². The summed E-state index contributed by atoms with van der Waals surface area (Å²) in [7, 11) is 0. The Labute approximate surface area is 112 Å². The van der Waals surface area contributed by atoms with Crippen LogP contribution in [0.3, 0.4) is 0 Å². The van der Waals surface area contributed by atoms with Crippen LogP contribution in [0.4, 0.5) is 0 Å². The molecule has 18 heavy (non-hydrogen) atoms. The van der Waals surface area contributed by atoms with Gasteiger partial charge in [0.25, 0.3) is 0 Å². The number of β-amino-alcohol motifs (C(OH)–C–C–N with tert-alkyl or cyclic N) is 1. The third-order valence-electron chi connectivity index (χ3n) is 5.16. The minimum absolute atomic E-state index is 0.0901. The highest BCUT2D eigenvalue weighted by molar-refractivity contribution is 4.96. The lowest BCUT2D eigenvalue weighted by Crippen LogP contribution is -2.61. The molecule has 0 unspecified atom stereocenters. The molecule has 2 fully saturated rings. The Morgan fingerprint density at radius 3 is 2.00 bits per heavy atom. The van der Waals surface area contributed by atoms with Crippen LogP contribution in [0, 0.1) is 0 Å². The third-order valence-corrected chi connectivity index (χ3v) is 5.16. The van der Waals surface area contributed by atoms with E-state index in [1.54, 1.807) is 0 Å². The number of aliphatic hydroxyl groups excluding tert-OH is 1. The van der Waals surface area contributed by atoms with E-state index in [9.17, 15) is 5.11 Å². The van der Waals surface area contributed by atoms with Gasteiger partial charge in [-0.3, -0.25) is 9.80 Å². The summed E-state index contributed by atoms with van der Waals surface area (Å²) in [6.07, 6.45) is 3.70. The molecule has 3 heteroatoms. The summed E-state index contributed by atoms with van der Waals surface area (Å²) in [6.45, 7) is 14.7. The zero-order chi connectivity index (χ0) is 13.6. The SMILES string of the molecule is C[C@H]1CCN1C(C)(C)CCC(C)(C)N1CC(O)C1. The first-order valence-corrected chi connectivity index (χ1v) is 7.42. The molecule has 0 bridgehead atoms. The quantitative estimate of drug-likeness (QED) is 0.814. The van der Waals surface area contributed by atoms with Gasteiger partial charge in [0, 0.05) is 36.8 Å². The first-order chi connectivity index (χ1) is 8.22. The lowest BCUT2D eigenvalue weighted by atomic mass is 9.83. The van der Waals surface area contributed by atoms with Crippen LogP contribution in [0.5, 0.6) is 0 Å². The van der Waals surface area contributed by atoms with Gasteiger partial charge in [-0.05, 0) is 53.9 Å². The Bertz CT molecular complexity index is 295. The van der Waals surface area contributed by atoms with Crippen molar-refractivity contribution in [1.82, 2.24) is 9.80 Å². The van der Waals surface area contributed by atoms with E-state index in [1.807, 2.05) is 0 Å². The average molecular weight is 254 g/mol. The van der Waals surface area contributed by atoms with Gasteiger partial charge in [-0.25, -0.2) is 0 Å². The largest absolute Gasteiger partial charge is 0.390 e. The fourth-order valence-electron chi connectivity index (χ4n) is 3.28. The molecule has 1 N–H and O–H groups in total. The highest BCUT2D eigenvalue weighted by atomic mass is 16.3. The van der Waals surface area contributed by atoms with Crippen LogP contribution in [0.2, 0.25) is 0 Å². The maximum Gasteiger partial charge on any atom is 0.0794 e. The monoisotopic (exact) mass is 254 g/mol. The second kappa shape index (κ2) is 4.77. The van der Waals surface area contributed by atoms with Crippen LogP contribution in [-0.2, 0) is 0 Å². The zero-order valence-corrected chi connectivity index (χ0v) is 12.7. The number of hydrogen-bond donors (Lipinski definition) is 1. The standard InChI is InChI=1S/C15H30N2O/c1-12-6-9-17(12)15(4,5)8-7-14(2,3)16-10-13(18)11-16/h12-13,18H,6-11H2,1-5H3/t12-/m0/s1. The predicted octanol–water partition coefficient (Wildman–Crippen LogP) is 2.09. The van der Waals surface area contributed by atoms with Gasteiger partial charge in [-0.15, -0.1) is 0 Å². The molecule has 2 heterocycles. The number of aliphatic hydroxyl groups is 1. The van der Waals surface area contributed by atoms with E-state index in [2.05, 4.69) is 44.4 Å². The lowest BCUT2D eigenvalue weighted by Gasteiger charge is -2.52. The van der Waals surface area contributed by atoms with Crippen molar-refractivity contribution in [3.63, 3.8) is 0 Å². The zero-order valence-electron chi connectivity index (χ0n) is 12.7. The highest BCUT2D eigenvalue weighted by Gasteiger charge is 2.40. The van der Waals surface area contributed by atoms with Crippen molar-refractivity contribution in [3.05, 3.63) is 0 Å². The van der Waals surface area contributed by atoms with Crippen LogP contribution < -0.4 is 0 Å². The van der Waals surface area contributed by atoms with Crippen molar-refractivity contribution in [3.8, 4) is 0 Å². The first-order valence-electron chi connectivity index (χ1n) is 7.42. The van der Waals surface area contributed by atoms with Crippen molar-refractivity contribution in [2.75, 3.05) is 19.6 Å². The Morgan fingerprint density at radius 2 is 1.61 bits per heavy atom. The van der Waals surface area contributed by atoms with E-state index in [-0.39, 0.29) is 11.6 Å². The van der Waals surface area contributed by atoms with Gasteiger partial charge >= 0.3 is 0 Å². The Kier molecular flexibility index (Phi) is 3.79. The number of likely N-dealkylation sites (tertiary alicyclic amines) is 2. The highest BCUT2D eigenvalue weighted by Crippen LogP contribution is 2.34. The van der Waals surface area contributed by atoms with Gasteiger partial charge in [0.1, 0.15) is 0 Å². The molecule has 2 aliphatic rings.